The van der Waals surface area contributed by atoms with Gasteiger partial charge in [-0.3, -0.25) is 9.59 Å². The minimum absolute atomic E-state index is 0.142. The van der Waals surface area contributed by atoms with Crippen LogP contribution in [0.25, 0.3) is 0 Å². The molecule has 1 fully saturated rings. The van der Waals surface area contributed by atoms with Gasteiger partial charge in [-0.05, 0) is 60.9 Å². The third-order valence-corrected chi connectivity index (χ3v) is 8.12. The number of rotatable bonds is 7. The topological polar surface area (TPSA) is 86.8 Å². The highest BCUT2D eigenvalue weighted by Gasteiger charge is 2.28. The van der Waals surface area contributed by atoms with Crippen molar-refractivity contribution in [1.29, 1.82) is 0 Å². The zero-order chi connectivity index (χ0) is 25.7. The molecule has 3 aromatic carbocycles. The van der Waals surface area contributed by atoms with Gasteiger partial charge in [-0.2, -0.15) is 4.31 Å². The number of sulfonamides is 1. The summed E-state index contributed by atoms with van der Waals surface area (Å²) in [7, 11) is -2.15. The van der Waals surface area contributed by atoms with Gasteiger partial charge in [0.15, 0.2) is 0 Å². The van der Waals surface area contributed by atoms with Crippen LogP contribution in [0.5, 0.6) is 0 Å². The second kappa shape index (κ2) is 11.0. The van der Waals surface area contributed by atoms with Crippen LogP contribution in [0.2, 0.25) is 0 Å². The van der Waals surface area contributed by atoms with Gasteiger partial charge in [0.05, 0.1) is 4.90 Å². The van der Waals surface area contributed by atoms with E-state index < -0.39 is 15.8 Å². The van der Waals surface area contributed by atoms with Crippen LogP contribution >= 0.6 is 0 Å². The Bertz CT molecular complexity index is 1320. The Labute approximate surface area is 210 Å². The standard InChI is InChI=1S/C27H28FN3O4S/c1-30(19-20-6-3-2-4-7-20)36(34,35)25-12-10-24(11-13-25)29-26(32)21-14-16-31(17-15-21)27(33)22-8-5-9-23(28)18-22/h2-13,18,21H,14-17,19H2,1H3,(H,29,32). The van der Waals surface area contributed by atoms with E-state index in [9.17, 15) is 22.4 Å². The Morgan fingerprint density at radius 1 is 0.972 bits per heavy atom. The summed E-state index contributed by atoms with van der Waals surface area (Å²) in [5.74, 6) is -1.16. The number of piperidine rings is 1. The molecule has 7 nitrogen and oxygen atoms in total. The van der Waals surface area contributed by atoms with Crippen molar-refractivity contribution >= 4 is 27.5 Å². The minimum Gasteiger partial charge on any atom is -0.339 e. The normalized spacial score (nSPS) is 14.6. The molecule has 0 atom stereocenters. The number of hydrogen-bond acceptors (Lipinski definition) is 4. The van der Waals surface area contributed by atoms with Crippen molar-refractivity contribution in [2.45, 2.75) is 24.3 Å². The summed E-state index contributed by atoms with van der Waals surface area (Å²) in [6.45, 7) is 1.05. The molecule has 3 aromatic rings. The van der Waals surface area contributed by atoms with E-state index in [1.807, 2.05) is 30.3 Å². The number of nitrogens with one attached hydrogen (secondary N) is 1. The fourth-order valence-electron chi connectivity index (χ4n) is 4.21. The predicted octanol–water partition coefficient (Wildman–Crippen LogP) is 4.14. The summed E-state index contributed by atoms with van der Waals surface area (Å²) >= 11 is 0. The van der Waals surface area contributed by atoms with Crippen molar-refractivity contribution < 1.29 is 22.4 Å². The number of likely N-dealkylation sites (tertiary alicyclic amines) is 1. The van der Waals surface area contributed by atoms with Crippen LogP contribution in [0.3, 0.4) is 0 Å². The van der Waals surface area contributed by atoms with E-state index >= 15 is 0 Å². The van der Waals surface area contributed by atoms with Crippen LogP contribution in [-0.2, 0) is 21.4 Å². The molecule has 0 spiro atoms. The maximum Gasteiger partial charge on any atom is 0.253 e. The van der Waals surface area contributed by atoms with Crippen LogP contribution in [0.1, 0.15) is 28.8 Å². The fourth-order valence-corrected chi connectivity index (χ4v) is 5.37. The van der Waals surface area contributed by atoms with Gasteiger partial charge >= 0.3 is 0 Å². The maximum absolute atomic E-state index is 13.4. The van der Waals surface area contributed by atoms with Gasteiger partial charge in [0.25, 0.3) is 5.91 Å². The van der Waals surface area contributed by atoms with Crippen molar-refractivity contribution in [3.63, 3.8) is 0 Å². The Kier molecular flexibility index (Phi) is 7.81. The van der Waals surface area contributed by atoms with Gasteiger partial charge in [-0.25, -0.2) is 12.8 Å². The summed E-state index contributed by atoms with van der Waals surface area (Å²) in [6, 6.07) is 21.0. The molecule has 188 valence electrons. The molecular weight excluding hydrogens is 481 g/mol. The maximum atomic E-state index is 13.4. The van der Waals surface area contributed by atoms with E-state index in [2.05, 4.69) is 5.32 Å². The van der Waals surface area contributed by atoms with Gasteiger partial charge in [0.1, 0.15) is 5.82 Å². The average molecular weight is 510 g/mol. The van der Waals surface area contributed by atoms with Crippen molar-refractivity contribution in [3.8, 4) is 0 Å². The van der Waals surface area contributed by atoms with Gasteiger partial charge in [0.2, 0.25) is 15.9 Å². The van der Waals surface area contributed by atoms with Gasteiger partial charge in [-0.15, -0.1) is 0 Å². The van der Waals surface area contributed by atoms with Crippen molar-refractivity contribution in [2.24, 2.45) is 5.92 Å². The molecule has 1 heterocycles. The summed E-state index contributed by atoms with van der Waals surface area (Å²) in [5, 5.41) is 2.84. The first kappa shape index (κ1) is 25.5. The molecule has 36 heavy (non-hydrogen) atoms. The van der Waals surface area contributed by atoms with Gasteiger partial charge < -0.3 is 10.2 Å². The lowest BCUT2D eigenvalue weighted by Crippen LogP contribution is -2.41. The largest absolute Gasteiger partial charge is 0.339 e. The van der Waals surface area contributed by atoms with Crippen LogP contribution in [0.15, 0.2) is 83.8 Å². The molecule has 1 aliphatic heterocycles. The summed E-state index contributed by atoms with van der Waals surface area (Å²) in [5.41, 5.74) is 1.68. The lowest BCUT2D eigenvalue weighted by molar-refractivity contribution is -0.121. The highest BCUT2D eigenvalue weighted by atomic mass is 32.2. The van der Waals surface area contributed by atoms with Crippen LogP contribution in [-0.4, -0.2) is 49.6 Å². The number of hydrogen-bond donors (Lipinski definition) is 1. The highest BCUT2D eigenvalue weighted by Crippen LogP contribution is 2.23. The summed E-state index contributed by atoms with van der Waals surface area (Å²) in [4.78, 5) is 27.1. The van der Waals surface area contributed by atoms with E-state index in [0.717, 1.165) is 5.56 Å². The molecule has 1 N–H and O–H groups in total. The Morgan fingerprint density at radius 2 is 1.64 bits per heavy atom. The molecule has 0 saturated carbocycles. The first-order valence-electron chi connectivity index (χ1n) is 11.7. The quantitative estimate of drug-likeness (QED) is 0.519. The molecule has 1 aliphatic rings. The lowest BCUT2D eigenvalue weighted by atomic mass is 9.95. The number of benzene rings is 3. The number of carbonyl (C=O) groups is 2. The monoisotopic (exact) mass is 509 g/mol. The zero-order valence-corrected chi connectivity index (χ0v) is 20.7. The lowest BCUT2D eigenvalue weighted by Gasteiger charge is -2.31. The third-order valence-electron chi connectivity index (χ3n) is 6.30. The molecule has 0 unspecified atom stereocenters. The van der Waals surface area contributed by atoms with Crippen LogP contribution in [0.4, 0.5) is 10.1 Å². The first-order chi connectivity index (χ1) is 17.2. The first-order valence-corrected chi connectivity index (χ1v) is 13.1. The summed E-state index contributed by atoms with van der Waals surface area (Å²) in [6.07, 6.45) is 0.979. The summed E-state index contributed by atoms with van der Waals surface area (Å²) < 4.78 is 40.5. The van der Waals surface area contributed by atoms with E-state index in [4.69, 9.17) is 0 Å². The Morgan fingerprint density at radius 3 is 2.28 bits per heavy atom. The zero-order valence-electron chi connectivity index (χ0n) is 19.9. The van der Waals surface area contributed by atoms with Crippen LogP contribution < -0.4 is 5.32 Å². The van der Waals surface area contributed by atoms with Crippen molar-refractivity contribution in [3.05, 3.63) is 95.8 Å². The SMILES string of the molecule is CN(Cc1ccccc1)S(=O)(=O)c1ccc(NC(=O)C2CCN(C(=O)c3cccc(F)c3)CC2)cc1. The molecular formula is C27H28FN3O4S. The molecule has 2 amide bonds. The van der Waals surface area contributed by atoms with Crippen molar-refractivity contribution in [2.75, 3.05) is 25.5 Å². The molecule has 9 heteroatoms. The number of amides is 2. The van der Waals surface area contributed by atoms with E-state index in [-0.39, 0.29) is 29.2 Å². The molecule has 1 saturated heterocycles. The second-order valence-corrected chi connectivity index (χ2v) is 10.9. The number of nitrogens with zero attached hydrogens (tertiary/aromatic N) is 2. The number of halogens is 1. The minimum atomic E-state index is -3.68. The Balaban J connectivity index is 1.31. The van der Waals surface area contributed by atoms with E-state index in [1.54, 1.807) is 23.1 Å². The fraction of sp³-hybridized carbons (Fsp3) is 0.259. The van der Waals surface area contributed by atoms with E-state index in [0.29, 0.717) is 37.2 Å². The molecule has 0 aliphatic carbocycles. The highest BCUT2D eigenvalue weighted by molar-refractivity contribution is 7.89. The van der Waals surface area contributed by atoms with Crippen LogP contribution in [0, 0.1) is 11.7 Å². The smallest absolute Gasteiger partial charge is 0.253 e. The predicted molar refractivity (Wildman–Crippen MR) is 135 cm³/mol. The molecule has 4 rings (SSSR count). The van der Waals surface area contributed by atoms with Gasteiger partial charge in [-0.1, -0.05) is 36.4 Å². The van der Waals surface area contributed by atoms with Gasteiger partial charge in [0, 0.05) is 43.9 Å². The molecule has 0 bridgehead atoms. The molecule has 0 radical (unpaired) electrons. The number of anilines is 1. The third kappa shape index (κ3) is 5.98. The number of carbonyl (C=O) groups excluding carboxylic acids is 2. The second-order valence-electron chi connectivity index (χ2n) is 8.84. The van der Waals surface area contributed by atoms with E-state index in [1.165, 1.54) is 41.7 Å². The molecule has 0 aromatic heterocycles. The Hall–Kier alpha value is -3.56. The van der Waals surface area contributed by atoms with Crippen molar-refractivity contribution in [1.82, 2.24) is 9.21 Å². The average Bonchev–Trinajstić information content (AvgIpc) is 2.89.